The van der Waals surface area contributed by atoms with Crippen molar-refractivity contribution in [3.05, 3.63) is 0 Å². The van der Waals surface area contributed by atoms with Gasteiger partial charge in [0.15, 0.2) is 0 Å². The highest BCUT2D eigenvalue weighted by Gasteiger charge is 2.35. The maximum absolute atomic E-state index is 12.3. The lowest BCUT2D eigenvalue weighted by Crippen LogP contribution is -2.55. The number of morpholine rings is 1. The van der Waals surface area contributed by atoms with Gasteiger partial charge in [-0.05, 0) is 18.8 Å². The number of piperidine rings is 1. The number of ether oxygens (including phenoxy) is 1. The van der Waals surface area contributed by atoms with E-state index in [0.29, 0.717) is 23.8 Å². The molecule has 3 nitrogen and oxygen atoms in total. The second kappa shape index (κ2) is 5.96. The molecular weight excluding hydrogens is 214 g/mol. The van der Waals surface area contributed by atoms with Gasteiger partial charge in [0.2, 0.25) is 0 Å². The third-order valence-electron chi connectivity index (χ3n) is 4.35. The SMILES string of the molecule is CCC(CC)CC(=O)C1CC2COCC(C1)N2. The lowest BCUT2D eigenvalue weighted by atomic mass is 9.81. The molecule has 0 aromatic carbocycles. The zero-order chi connectivity index (χ0) is 12.3. The van der Waals surface area contributed by atoms with Crippen molar-refractivity contribution >= 4 is 5.78 Å². The molecule has 0 aromatic rings. The van der Waals surface area contributed by atoms with E-state index in [0.717, 1.165) is 45.3 Å². The van der Waals surface area contributed by atoms with Gasteiger partial charge in [-0.1, -0.05) is 26.7 Å². The minimum Gasteiger partial charge on any atom is -0.378 e. The Morgan fingerprint density at radius 1 is 1.24 bits per heavy atom. The fourth-order valence-corrected chi connectivity index (χ4v) is 3.13. The van der Waals surface area contributed by atoms with Crippen molar-refractivity contribution in [3.8, 4) is 0 Å². The largest absolute Gasteiger partial charge is 0.378 e. The van der Waals surface area contributed by atoms with Gasteiger partial charge in [-0.3, -0.25) is 4.79 Å². The van der Waals surface area contributed by atoms with Crippen molar-refractivity contribution < 1.29 is 9.53 Å². The quantitative estimate of drug-likeness (QED) is 0.799. The number of fused-ring (bicyclic) bond motifs is 2. The lowest BCUT2D eigenvalue weighted by Gasteiger charge is -2.39. The van der Waals surface area contributed by atoms with E-state index in [4.69, 9.17) is 4.74 Å². The van der Waals surface area contributed by atoms with Gasteiger partial charge in [0.25, 0.3) is 0 Å². The van der Waals surface area contributed by atoms with E-state index in [1.807, 2.05) is 0 Å². The van der Waals surface area contributed by atoms with Crippen molar-refractivity contribution in [3.63, 3.8) is 0 Å². The molecule has 0 radical (unpaired) electrons. The zero-order valence-electron chi connectivity index (χ0n) is 11.1. The van der Waals surface area contributed by atoms with Gasteiger partial charge in [-0.15, -0.1) is 0 Å². The predicted molar refractivity (Wildman–Crippen MR) is 68.0 cm³/mol. The van der Waals surface area contributed by atoms with E-state index in [-0.39, 0.29) is 5.92 Å². The molecule has 2 heterocycles. The van der Waals surface area contributed by atoms with Gasteiger partial charge >= 0.3 is 0 Å². The van der Waals surface area contributed by atoms with Crippen molar-refractivity contribution in [1.29, 1.82) is 0 Å². The van der Waals surface area contributed by atoms with Crippen LogP contribution in [0.1, 0.15) is 46.0 Å². The van der Waals surface area contributed by atoms with Crippen molar-refractivity contribution in [1.82, 2.24) is 5.32 Å². The van der Waals surface area contributed by atoms with Crippen LogP contribution in [0.4, 0.5) is 0 Å². The molecule has 0 aromatic heterocycles. The summed E-state index contributed by atoms with van der Waals surface area (Å²) in [5.41, 5.74) is 0. The van der Waals surface area contributed by atoms with Crippen LogP contribution in [0.15, 0.2) is 0 Å². The van der Waals surface area contributed by atoms with Crippen LogP contribution >= 0.6 is 0 Å². The van der Waals surface area contributed by atoms with Crippen LogP contribution in [0.2, 0.25) is 0 Å². The highest BCUT2D eigenvalue weighted by Crippen LogP contribution is 2.27. The summed E-state index contributed by atoms with van der Waals surface area (Å²) in [6.07, 6.45) is 5.01. The Kier molecular flexibility index (Phi) is 4.57. The minimum absolute atomic E-state index is 0.288. The van der Waals surface area contributed by atoms with Crippen LogP contribution in [0.3, 0.4) is 0 Å². The molecule has 2 aliphatic rings. The third kappa shape index (κ3) is 3.29. The summed E-state index contributed by atoms with van der Waals surface area (Å²) in [7, 11) is 0. The fraction of sp³-hybridized carbons (Fsp3) is 0.929. The number of ketones is 1. The molecular formula is C14H25NO2. The second-order valence-electron chi connectivity index (χ2n) is 5.62. The summed E-state index contributed by atoms with van der Waals surface area (Å²) in [6.45, 7) is 5.94. The number of rotatable bonds is 5. The number of hydrogen-bond acceptors (Lipinski definition) is 3. The van der Waals surface area contributed by atoms with Gasteiger partial charge in [0.1, 0.15) is 5.78 Å². The molecule has 2 atom stereocenters. The Bertz CT molecular complexity index is 251. The first-order valence-electron chi connectivity index (χ1n) is 7.09. The third-order valence-corrected chi connectivity index (χ3v) is 4.35. The number of hydrogen-bond donors (Lipinski definition) is 1. The summed E-state index contributed by atoms with van der Waals surface area (Å²) >= 11 is 0. The molecule has 2 unspecified atom stereocenters. The van der Waals surface area contributed by atoms with Gasteiger partial charge < -0.3 is 10.1 Å². The summed E-state index contributed by atoms with van der Waals surface area (Å²) in [6, 6.07) is 0.830. The Morgan fingerprint density at radius 3 is 2.35 bits per heavy atom. The highest BCUT2D eigenvalue weighted by molar-refractivity contribution is 5.81. The Balaban J connectivity index is 1.87. The topological polar surface area (TPSA) is 38.3 Å². The van der Waals surface area contributed by atoms with Gasteiger partial charge in [0.05, 0.1) is 13.2 Å². The van der Waals surface area contributed by atoms with E-state index >= 15 is 0 Å². The molecule has 1 N–H and O–H groups in total. The maximum Gasteiger partial charge on any atom is 0.136 e. The maximum atomic E-state index is 12.3. The normalized spacial score (nSPS) is 32.8. The smallest absolute Gasteiger partial charge is 0.136 e. The molecule has 2 bridgehead atoms. The summed E-state index contributed by atoms with van der Waals surface area (Å²) < 4.78 is 5.51. The number of carbonyl (C=O) groups is 1. The van der Waals surface area contributed by atoms with Gasteiger partial charge in [-0.25, -0.2) is 0 Å². The van der Waals surface area contributed by atoms with E-state index < -0.39 is 0 Å². The second-order valence-corrected chi connectivity index (χ2v) is 5.62. The fourth-order valence-electron chi connectivity index (χ4n) is 3.13. The Hall–Kier alpha value is -0.410. The molecule has 0 spiro atoms. The number of Topliss-reactive ketones (excluding diaryl/α,β-unsaturated/α-hetero) is 1. The number of nitrogens with one attached hydrogen (secondary N) is 1. The summed E-state index contributed by atoms with van der Waals surface area (Å²) in [5, 5.41) is 3.54. The molecule has 2 fully saturated rings. The van der Waals surface area contributed by atoms with Crippen LogP contribution < -0.4 is 5.32 Å². The molecule has 2 saturated heterocycles. The van der Waals surface area contributed by atoms with Gasteiger partial charge in [0, 0.05) is 24.4 Å². The number of carbonyl (C=O) groups excluding carboxylic acids is 1. The molecule has 0 amide bonds. The Morgan fingerprint density at radius 2 is 1.82 bits per heavy atom. The Labute approximate surface area is 104 Å². The van der Waals surface area contributed by atoms with Crippen molar-refractivity contribution in [2.75, 3.05) is 13.2 Å². The first-order valence-corrected chi connectivity index (χ1v) is 7.09. The van der Waals surface area contributed by atoms with Crippen LogP contribution in [-0.4, -0.2) is 31.1 Å². The van der Waals surface area contributed by atoms with E-state index in [9.17, 15) is 4.79 Å². The van der Waals surface area contributed by atoms with Crippen LogP contribution in [0.5, 0.6) is 0 Å². The van der Waals surface area contributed by atoms with Crippen LogP contribution in [0.25, 0.3) is 0 Å². The zero-order valence-corrected chi connectivity index (χ0v) is 11.1. The molecule has 98 valence electrons. The van der Waals surface area contributed by atoms with E-state index in [1.54, 1.807) is 0 Å². The molecule has 3 heteroatoms. The monoisotopic (exact) mass is 239 g/mol. The first-order chi connectivity index (χ1) is 8.22. The highest BCUT2D eigenvalue weighted by atomic mass is 16.5. The summed E-state index contributed by atoms with van der Waals surface area (Å²) in [4.78, 5) is 12.3. The predicted octanol–water partition coefficient (Wildman–Crippen LogP) is 2.15. The van der Waals surface area contributed by atoms with E-state index in [2.05, 4.69) is 19.2 Å². The van der Waals surface area contributed by atoms with E-state index in [1.165, 1.54) is 0 Å². The van der Waals surface area contributed by atoms with Crippen molar-refractivity contribution in [2.24, 2.45) is 11.8 Å². The molecule has 0 saturated carbocycles. The minimum atomic E-state index is 0.288. The van der Waals surface area contributed by atoms with Gasteiger partial charge in [-0.2, -0.15) is 0 Å². The van der Waals surface area contributed by atoms with Crippen molar-refractivity contribution in [2.45, 2.75) is 58.0 Å². The average Bonchev–Trinajstić information content (AvgIpc) is 2.35. The first kappa shape index (κ1) is 13.0. The van der Waals surface area contributed by atoms with Crippen LogP contribution in [-0.2, 0) is 9.53 Å². The molecule has 2 rings (SSSR count). The molecule has 0 aliphatic carbocycles. The summed E-state index contributed by atoms with van der Waals surface area (Å²) in [5.74, 6) is 1.38. The average molecular weight is 239 g/mol. The lowest BCUT2D eigenvalue weighted by molar-refractivity contribution is -0.126. The molecule has 17 heavy (non-hydrogen) atoms. The standard InChI is InChI=1S/C14H25NO2/c1-3-10(4-2)5-14(16)11-6-12-8-17-9-13(7-11)15-12/h10-13,15H,3-9H2,1-2H3. The molecule has 2 aliphatic heterocycles. The van der Waals surface area contributed by atoms with Crippen LogP contribution in [0, 0.1) is 11.8 Å².